The Labute approximate surface area is 202 Å². The van der Waals surface area contributed by atoms with E-state index in [1.165, 1.54) is 17.0 Å². The van der Waals surface area contributed by atoms with E-state index < -0.39 is 12.1 Å². The minimum Gasteiger partial charge on any atom is -0.445 e. The summed E-state index contributed by atoms with van der Waals surface area (Å²) in [5.74, 6) is -2.08. The first-order valence-corrected chi connectivity index (χ1v) is 11.5. The number of nitrogens with zero attached hydrogens (tertiary/aromatic N) is 1. The molecule has 3 aromatic carbocycles. The highest BCUT2D eigenvalue weighted by atomic mass is 16.5. The number of Topliss-reactive ketones (excluding diaryl/α,β-unsaturated/α-hetero) is 1. The van der Waals surface area contributed by atoms with E-state index in [4.69, 9.17) is 4.74 Å². The molecule has 1 saturated heterocycles. The first-order valence-electron chi connectivity index (χ1n) is 11.5. The number of hydrogen-bond donors (Lipinski definition) is 0. The Morgan fingerprint density at radius 3 is 1.83 bits per heavy atom. The lowest BCUT2D eigenvalue weighted by atomic mass is 9.85. The molecule has 0 bridgehead atoms. The lowest BCUT2D eigenvalue weighted by Gasteiger charge is -2.18. The summed E-state index contributed by atoms with van der Waals surface area (Å²) in [5, 5.41) is 0. The third-order valence-corrected chi connectivity index (χ3v) is 6.49. The number of imide groups is 1. The number of carbonyl (C=O) groups excluding carboxylic acids is 4. The van der Waals surface area contributed by atoms with Gasteiger partial charge in [-0.05, 0) is 37.1 Å². The number of carbonyl (C=O) groups is 4. The number of fused-ring (bicyclic) bond motifs is 1. The fourth-order valence-electron chi connectivity index (χ4n) is 4.63. The molecule has 1 aliphatic carbocycles. The van der Waals surface area contributed by atoms with Crippen LogP contribution in [0.25, 0.3) is 0 Å². The molecule has 0 saturated carbocycles. The van der Waals surface area contributed by atoms with Crippen LogP contribution in [0, 0.1) is 11.8 Å². The average molecular weight is 466 g/mol. The van der Waals surface area contributed by atoms with Crippen molar-refractivity contribution >= 4 is 29.3 Å². The summed E-state index contributed by atoms with van der Waals surface area (Å²) in [5.41, 5.74) is 1.64. The zero-order valence-electron chi connectivity index (χ0n) is 18.9. The maximum Gasteiger partial charge on any atom is 0.339 e. The second-order valence-corrected chi connectivity index (χ2v) is 8.64. The van der Waals surface area contributed by atoms with Crippen molar-refractivity contribution in [1.29, 1.82) is 0 Å². The van der Waals surface area contributed by atoms with Crippen LogP contribution in [0.1, 0.15) is 45.2 Å². The Balaban J connectivity index is 1.36. The number of esters is 1. The van der Waals surface area contributed by atoms with E-state index in [0.717, 1.165) is 0 Å². The van der Waals surface area contributed by atoms with Gasteiger partial charge in [-0.3, -0.25) is 19.3 Å². The van der Waals surface area contributed by atoms with Crippen molar-refractivity contribution in [3.8, 4) is 0 Å². The van der Waals surface area contributed by atoms with Crippen LogP contribution < -0.4 is 4.90 Å². The van der Waals surface area contributed by atoms with E-state index in [1.807, 2.05) is 24.3 Å². The molecule has 0 aromatic heterocycles. The Kier molecular flexibility index (Phi) is 6.10. The van der Waals surface area contributed by atoms with Crippen molar-refractivity contribution in [3.05, 3.63) is 114 Å². The lowest BCUT2D eigenvalue weighted by molar-refractivity contribution is -0.122. The van der Waals surface area contributed by atoms with Crippen molar-refractivity contribution in [2.75, 3.05) is 4.90 Å². The number of allylic oxidation sites excluding steroid dienone is 2. The van der Waals surface area contributed by atoms with Gasteiger partial charge in [-0.15, -0.1) is 0 Å². The molecular formula is C29H23NO5. The van der Waals surface area contributed by atoms with Crippen LogP contribution in [-0.2, 0) is 14.3 Å². The van der Waals surface area contributed by atoms with E-state index in [9.17, 15) is 19.2 Å². The monoisotopic (exact) mass is 465 g/mol. The van der Waals surface area contributed by atoms with Crippen molar-refractivity contribution in [1.82, 2.24) is 0 Å². The third kappa shape index (κ3) is 4.30. The van der Waals surface area contributed by atoms with E-state index in [0.29, 0.717) is 29.7 Å². The van der Waals surface area contributed by atoms with E-state index in [-0.39, 0.29) is 35.0 Å². The number of ether oxygens (including phenoxy) is 1. The fourth-order valence-corrected chi connectivity index (χ4v) is 4.63. The molecule has 0 N–H and O–H groups in total. The maximum absolute atomic E-state index is 13.2. The van der Waals surface area contributed by atoms with Crippen molar-refractivity contribution < 1.29 is 23.9 Å². The summed E-state index contributed by atoms with van der Waals surface area (Å²) in [7, 11) is 0. The second-order valence-electron chi connectivity index (χ2n) is 8.64. The van der Waals surface area contributed by atoms with Crippen molar-refractivity contribution in [2.24, 2.45) is 11.8 Å². The molecule has 2 aliphatic rings. The van der Waals surface area contributed by atoms with Gasteiger partial charge in [-0.2, -0.15) is 0 Å². The van der Waals surface area contributed by atoms with Crippen LogP contribution in [0.2, 0.25) is 0 Å². The minimum absolute atomic E-state index is 0.211. The van der Waals surface area contributed by atoms with Crippen LogP contribution in [0.5, 0.6) is 0 Å². The molecule has 1 heterocycles. The largest absolute Gasteiger partial charge is 0.445 e. The smallest absolute Gasteiger partial charge is 0.339 e. The summed E-state index contributed by atoms with van der Waals surface area (Å²) in [6.07, 6.45) is 3.89. The highest BCUT2D eigenvalue weighted by Gasteiger charge is 2.47. The van der Waals surface area contributed by atoms with Crippen molar-refractivity contribution in [3.63, 3.8) is 0 Å². The number of amides is 2. The molecule has 35 heavy (non-hydrogen) atoms. The first-order chi connectivity index (χ1) is 17.0. The molecule has 6 nitrogen and oxygen atoms in total. The Hall–Kier alpha value is -4.32. The van der Waals surface area contributed by atoms with Gasteiger partial charge in [-0.1, -0.05) is 72.8 Å². The molecule has 0 spiro atoms. The fraction of sp³-hybridized carbons (Fsp3) is 0.172. The zero-order valence-corrected chi connectivity index (χ0v) is 18.9. The molecule has 174 valence electrons. The number of hydrogen-bond acceptors (Lipinski definition) is 5. The van der Waals surface area contributed by atoms with E-state index in [1.54, 1.807) is 60.7 Å². The SMILES string of the molecule is O=C(O[C@H](C(=O)c1ccccc1)c1ccccc1)c1ccc(N2C(=O)[C@H]3CC=CC[C@@H]3C2=O)cc1. The summed E-state index contributed by atoms with van der Waals surface area (Å²) in [4.78, 5) is 53.0. The van der Waals surface area contributed by atoms with Gasteiger partial charge in [0, 0.05) is 11.1 Å². The molecule has 3 atom stereocenters. The molecule has 0 radical (unpaired) electrons. The third-order valence-electron chi connectivity index (χ3n) is 6.49. The van der Waals surface area contributed by atoms with Gasteiger partial charge in [0.15, 0.2) is 6.10 Å². The Morgan fingerprint density at radius 2 is 1.26 bits per heavy atom. The predicted molar refractivity (Wildman–Crippen MR) is 130 cm³/mol. The number of anilines is 1. The topological polar surface area (TPSA) is 80.8 Å². The molecule has 2 amide bonds. The van der Waals surface area contributed by atoms with Crippen LogP contribution in [-0.4, -0.2) is 23.6 Å². The Bertz CT molecular complexity index is 1270. The summed E-state index contributed by atoms with van der Waals surface area (Å²) >= 11 is 0. The van der Waals surface area contributed by atoms with E-state index >= 15 is 0 Å². The minimum atomic E-state index is -1.11. The summed E-state index contributed by atoms with van der Waals surface area (Å²) in [6, 6.07) is 23.7. The van der Waals surface area contributed by atoms with Crippen LogP contribution in [0.4, 0.5) is 5.69 Å². The molecule has 1 fully saturated rings. The standard InChI is InChI=1S/C29H23NO5/c31-25(19-9-3-1-4-10-19)26(20-11-5-2-6-12-20)35-29(34)21-15-17-22(18-16-21)30-27(32)23-13-7-8-14-24(23)28(30)33/h1-12,15-18,23-24,26H,13-14H2/t23-,24-,26-/m0/s1. The lowest BCUT2D eigenvalue weighted by Crippen LogP contribution is -2.30. The summed E-state index contributed by atoms with van der Waals surface area (Å²) < 4.78 is 5.68. The van der Waals surface area contributed by atoms with Crippen LogP contribution >= 0.6 is 0 Å². The van der Waals surface area contributed by atoms with Gasteiger partial charge in [0.25, 0.3) is 0 Å². The quantitative estimate of drug-likeness (QED) is 0.223. The molecule has 0 unspecified atom stereocenters. The molecular weight excluding hydrogens is 442 g/mol. The normalized spacial score (nSPS) is 19.8. The number of ketones is 1. The first kappa shape index (κ1) is 22.5. The Morgan fingerprint density at radius 1 is 0.714 bits per heavy atom. The highest BCUT2D eigenvalue weighted by Crippen LogP contribution is 2.37. The highest BCUT2D eigenvalue weighted by molar-refractivity contribution is 6.22. The van der Waals surface area contributed by atoms with Gasteiger partial charge in [0.1, 0.15) is 0 Å². The molecule has 5 rings (SSSR count). The maximum atomic E-state index is 13.2. The van der Waals surface area contributed by atoms with E-state index in [2.05, 4.69) is 0 Å². The predicted octanol–water partition coefficient (Wildman–Crippen LogP) is 4.92. The molecule has 3 aromatic rings. The molecule has 6 heteroatoms. The number of benzene rings is 3. The van der Waals surface area contributed by atoms with Gasteiger partial charge < -0.3 is 4.74 Å². The van der Waals surface area contributed by atoms with Gasteiger partial charge in [-0.25, -0.2) is 4.79 Å². The van der Waals surface area contributed by atoms with Gasteiger partial charge in [0.2, 0.25) is 17.6 Å². The average Bonchev–Trinajstić information content (AvgIpc) is 3.17. The van der Waals surface area contributed by atoms with Crippen molar-refractivity contribution in [2.45, 2.75) is 18.9 Å². The van der Waals surface area contributed by atoms with Crippen LogP contribution in [0.3, 0.4) is 0 Å². The van der Waals surface area contributed by atoms with Gasteiger partial charge >= 0.3 is 5.97 Å². The summed E-state index contributed by atoms with van der Waals surface area (Å²) in [6.45, 7) is 0. The van der Waals surface area contributed by atoms with Crippen LogP contribution in [0.15, 0.2) is 97.1 Å². The molecule has 1 aliphatic heterocycles. The number of rotatable bonds is 6. The van der Waals surface area contributed by atoms with Gasteiger partial charge in [0.05, 0.1) is 23.1 Å². The second kappa shape index (κ2) is 9.50. The zero-order chi connectivity index (χ0) is 24.4.